The van der Waals surface area contributed by atoms with E-state index in [2.05, 4.69) is 0 Å². The summed E-state index contributed by atoms with van der Waals surface area (Å²) >= 11 is 0. The fourth-order valence-electron chi connectivity index (χ4n) is 4.99. The molecular weight excluding hydrogens is 510 g/mol. The number of likely N-dealkylation sites (tertiary alicyclic amines) is 1. The van der Waals surface area contributed by atoms with E-state index >= 15 is 0 Å². The molecule has 5 rings (SSSR count). The Labute approximate surface area is 233 Å². The number of hydrogen-bond acceptors (Lipinski definition) is 7. The van der Waals surface area contributed by atoms with Gasteiger partial charge in [-0.3, -0.25) is 9.59 Å². The number of benzene rings is 3. The zero-order valence-electron chi connectivity index (χ0n) is 22.7. The zero-order chi connectivity index (χ0) is 28.1. The highest BCUT2D eigenvalue weighted by Gasteiger charge is 2.46. The first-order valence-corrected chi connectivity index (χ1v) is 13.6. The number of fused-ring (bicyclic) bond motifs is 1. The molecule has 3 aromatic carbocycles. The standard InChI is InChI=1S/C32H33NO7/c1-3-16-38-24-12-10-22(19-26(24)37-4-2)29-28(30(34)23-11-13-25-27(20-23)40-18-17-39-25)31(35)32(36)33(29)15-14-21-8-6-5-7-9-21/h5-13,19-20,29,34H,3-4,14-18H2,1-2H3/b30-28+/t29-/m1/s1. The first-order valence-electron chi connectivity index (χ1n) is 13.6. The third-order valence-corrected chi connectivity index (χ3v) is 6.88. The van der Waals surface area contributed by atoms with Gasteiger partial charge in [-0.1, -0.05) is 43.3 Å². The molecule has 3 aromatic rings. The monoisotopic (exact) mass is 543 g/mol. The van der Waals surface area contributed by atoms with Gasteiger partial charge in [0.05, 0.1) is 24.8 Å². The minimum atomic E-state index is -0.823. The second kappa shape index (κ2) is 12.2. The van der Waals surface area contributed by atoms with E-state index < -0.39 is 17.7 Å². The van der Waals surface area contributed by atoms with Crippen LogP contribution in [0.1, 0.15) is 43.0 Å². The molecule has 0 unspecified atom stereocenters. The van der Waals surface area contributed by atoms with E-state index in [0.717, 1.165) is 12.0 Å². The number of amides is 1. The molecule has 1 fully saturated rings. The van der Waals surface area contributed by atoms with Crippen LogP contribution in [0.4, 0.5) is 0 Å². The zero-order valence-corrected chi connectivity index (χ0v) is 22.7. The molecule has 0 radical (unpaired) electrons. The van der Waals surface area contributed by atoms with Gasteiger partial charge in [-0.2, -0.15) is 0 Å². The Morgan fingerprint density at radius 2 is 1.70 bits per heavy atom. The quantitative estimate of drug-likeness (QED) is 0.210. The summed E-state index contributed by atoms with van der Waals surface area (Å²) in [4.78, 5) is 28.5. The number of nitrogens with zero attached hydrogens (tertiary/aromatic N) is 1. The molecular formula is C32H33NO7. The van der Waals surface area contributed by atoms with Crippen LogP contribution in [0.3, 0.4) is 0 Å². The number of aliphatic hydroxyl groups excluding tert-OH is 1. The number of hydrogen-bond donors (Lipinski definition) is 1. The molecule has 1 atom stereocenters. The van der Waals surface area contributed by atoms with E-state index in [-0.39, 0.29) is 17.9 Å². The molecule has 40 heavy (non-hydrogen) atoms. The Hall–Kier alpha value is -4.46. The normalized spacial score (nSPS) is 17.6. The van der Waals surface area contributed by atoms with Crippen LogP contribution in [-0.2, 0) is 16.0 Å². The molecule has 1 amide bonds. The van der Waals surface area contributed by atoms with Gasteiger partial charge in [0.25, 0.3) is 11.7 Å². The van der Waals surface area contributed by atoms with Crippen LogP contribution in [0, 0.1) is 0 Å². The number of Topliss-reactive ketones (excluding diaryl/α,β-unsaturated/α-hetero) is 1. The van der Waals surface area contributed by atoms with Gasteiger partial charge in [-0.15, -0.1) is 0 Å². The van der Waals surface area contributed by atoms with Crippen LogP contribution in [0.25, 0.3) is 5.76 Å². The molecule has 208 valence electrons. The van der Waals surface area contributed by atoms with Gasteiger partial charge >= 0.3 is 0 Å². The predicted molar refractivity (Wildman–Crippen MR) is 150 cm³/mol. The average Bonchev–Trinajstić information content (AvgIpc) is 3.24. The van der Waals surface area contributed by atoms with Crippen molar-refractivity contribution in [3.8, 4) is 23.0 Å². The molecule has 2 aliphatic heterocycles. The number of ether oxygens (including phenoxy) is 4. The van der Waals surface area contributed by atoms with Crippen molar-refractivity contribution in [1.82, 2.24) is 4.90 Å². The Kier molecular flexibility index (Phi) is 8.24. The number of aliphatic hydroxyl groups is 1. The van der Waals surface area contributed by atoms with E-state index in [1.54, 1.807) is 30.3 Å². The van der Waals surface area contributed by atoms with Crippen molar-refractivity contribution >= 4 is 17.4 Å². The van der Waals surface area contributed by atoms with Crippen molar-refractivity contribution < 1.29 is 33.6 Å². The Morgan fingerprint density at radius 1 is 0.925 bits per heavy atom. The molecule has 0 saturated carbocycles. The summed E-state index contributed by atoms with van der Waals surface area (Å²) in [5.74, 6) is 0.459. The van der Waals surface area contributed by atoms with Gasteiger partial charge in [-0.05, 0) is 61.2 Å². The van der Waals surface area contributed by atoms with Crippen LogP contribution < -0.4 is 18.9 Å². The Morgan fingerprint density at radius 3 is 2.45 bits per heavy atom. The maximum atomic E-state index is 13.5. The fourth-order valence-corrected chi connectivity index (χ4v) is 4.99. The van der Waals surface area contributed by atoms with Gasteiger partial charge in [0.15, 0.2) is 23.0 Å². The average molecular weight is 544 g/mol. The Balaban J connectivity index is 1.59. The van der Waals surface area contributed by atoms with E-state index in [9.17, 15) is 14.7 Å². The lowest BCUT2D eigenvalue weighted by Gasteiger charge is -2.26. The van der Waals surface area contributed by atoms with Crippen molar-refractivity contribution in [3.63, 3.8) is 0 Å². The molecule has 0 aliphatic carbocycles. The molecule has 8 nitrogen and oxygen atoms in total. The molecule has 2 aliphatic rings. The van der Waals surface area contributed by atoms with Gasteiger partial charge in [0, 0.05) is 12.1 Å². The lowest BCUT2D eigenvalue weighted by Crippen LogP contribution is -2.31. The topological polar surface area (TPSA) is 94.5 Å². The van der Waals surface area contributed by atoms with E-state index in [1.807, 2.05) is 50.2 Å². The third-order valence-electron chi connectivity index (χ3n) is 6.88. The first-order chi connectivity index (χ1) is 19.5. The summed E-state index contributed by atoms with van der Waals surface area (Å²) in [5.41, 5.74) is 2.05. The predicted octanol–water partition coefficient (Wildman–Crippen LogP) is 5.31. The lowest BCUT2D eigenvalue weighted by molar-refractivity contribution is -0.139. The number of carbonyl (C=O) groups excluding carboxylic acids is 2. The molecule has 1 saturated heterocycles. The van der Waals surface area contributed by atoms with Crippen molar-refractivity contribution in [3.05, 3.63) is 89.0 Å². The van der Waals surface area contributed by atoms with Crippen molar-refractivity contribution in [2.45, 2.75) is 32.7 Å². The van der Waals surface area contributed by atoms with Gasteiger partial charge in [0.1, 0.15) is 19.0 Å². The van der Waals surface area contributed by atoms with Crippen LogP contribution in [0.15, 0.2) is 72.3 Å². The molecule has 0 bridgehead atoms. The van der Waals surface area contributed by atoms with Gasteiger partial charge < -0.3 is 29.0 Å². The highest BCUT2D eigenvalue weighted by atomic mass is 16.6. The molecule has 0 aromatic heterocycles. The van der Waals surface area contributed by atoms with Crippen molar-refractivity contribution in [2.75, 3.05) is 33.0 Å². The summed E-state index contributed by atoms with van der Waals surface area (Å²) in [6.07, 6.45) is 1.38. The second-order valence-corrected chi connectivity index (χ2v) is 9.57. The summed E-state index contributed by atoms with van der Waals surface area (Å²) in [6.45, 7) is 5.95. The number of carbonyl (C=O) groups is 2. The third kappa shape index (κ3) is 5.47. The highest BCUT2D eigenvalue weighted by Crippen LogP contribution is 2.43. The molecule has 2 heterocycles. The second-order valence-electron chi connectivity index (χ2n) is 9.57. The number of ketones is 1. The molecule has 1 N–H and O–H groups in total. The van der Waals surface area contributed by atoms with E-state index in [0.29, 0.717) is 67.0 Å². The van der Waals surface area contributed by atoms with Crippen LogP contribution in [0.2, 0.25) is 0 Å². The van der Waals surface area contributed by atoms with Crippen molar-refractivity contribution in [2.24, 2.45) is 0 Å². The van der Waals surface area contributed by atoms with Crippen LogP contribution >= 0.6 is 0 Å². The first kappa shape index (κ1) is 27.1. The smallest absolute Gasteiger partial charge is 0.295 e. The SMILES string of the molecule is CCCOc1ccc([C@@H]2/C(=C(\O)c3ccc4c(c3)OCCO4)C(=O)C(=O)N2CCc2ccccc2)cc1OCC. The summed E-state index contributed by atoms with van der Waals surface area (Å²) in [7, 11) is 0. The van der Waals surface area contributed by atoms with Gasteiger partial charge in [-0.25, -0.2) is 0 Å². The largest absolute Gasteiger partial charge is 0.507 e. The summed E-state index contributed by atoms with van der Waals surface area (Å²) in [6, 6.07) is 19.3. The van der Waals surface area contributed by atoms with Gasteiger partial charge in [0.2, 0.25) is 0 Å². The van der Waals surface area contributed by atoms with Crippen molar-refractivity contribution in [1.29, 1.82) is 0 Å². The van der Waals surface area contributed by atoms with E-state index in [4.69, 9.17) is 18.9 Å². The summed E-state index contributed by atoms with van der Waals surface area (Å²) in [5, 5.41) is 11.5. The maximum Gasteiger partial charge on any atom is 0.295 e. The van der Waals surface area contributed by atoms with Crippen LogP contribution in [0.5, 0.6) is 23.0 Å². The van der Waals surface area contributed by atoms with Crippen LogP contribution in [-0.4, -0.2) is 54.7 Å². The molecule has 8 heteroatoms. The molecule has 0 spiro atoms. The minimum Gasteiger partial charge on any atom is -0.507 e. The fraction of sp³-hybridized carbons (Fsp3) is 0.312. The maximum absolute atomic E-state index is 13.5. The lowest BCUT2D eigenvalue weighted by atomic mass is 9.94. The summed E-state index contributed by atoms with van der Waals surface area (Å²) < 4.78 is 23.0. The van der Waals surface area contributed by atoms with E-state index in [1.165, 1.54) is 4.90 Å². The highest BCUT2D eigenvalue weighted by molar-refractivity contribution is 6.46. The number of rotatable bonds is 10. The Bertz CT molecular complexity index is 1420. The minimum absolute atomic E-state index is 0.0133.